The molecular formula is C16H10Cl2N4O. The van der Waals surface area contributed by atoms with Gasteiger partial charge in [-0.3, -0.25) is 4.79 Å². The van der Waals surface area contributed by atoms with Crippen molar-refractivity contribution >= 4 is 50.8 Å². The van der Waals surface area contributed by atoms with E-state index in [1.807, 2.05) is 24.3 Å². The van der Waals surface area contributed by atoms with Gasteiger partial charge in [0.05, 0.1) is 27.3 Å². The van der Waals surface area contributed by atoms with Crippen LogP contribution in [0.4, 0.5) is 5.69 Å². The molecule has 0 aliphatic carbocycles. The molecule has 23 heavy (non-hydrogen) atoms. The second kappa shape index (κ2) is 5.01. The van der Waals surface area contributed by atoms with E-state index in [0.29, 0.717) is 26.8 Å². The average Bonchev–Trinajstić information content (AvgIpc) is 2.92. The molecule has 4 rings (SSSR count). The minimum absolute atomic E-state index is 0.270. The van der Waals surface area contributed by atoms with Crippen molar-refractivity contribution in [2.75, 3.05) is 5.73 Å². The number of imidazole rings is 1. The number of hydrogen-bond acceptors (Lipinski definition) is 3. The first kappa shape index (κ1) is 14.1. The number of aromatic amines is 2. The van der Waals surface area contributed by atoms with Crippen LogP contribution in [0.15, 0.2) is 41.2 Å². The second-order valence-electron chi connectivity index (χ2n) is 5.16. The van der Waals surface area contributed by atoms with Gasteiger partial charge in [0.2, 0.25) is 0 Å². The van der Waals surface area contributed by atoms with Crippen molar-refractivity contribution in [1.29, 1.82) is 0 Å². The number of nitrogens with one attached hydrogen (secondary N) is 2. The van der Waals surface area contributed by atoms with E-state index in [-0.39, 0.29) is 16.8 Å². The Hall–Kier alpha value is -2.50. The summed E-state index contributed by atoms with van der Waals surface area (Å²) < 4.78 is 0. The molecule has 0 spiro atoms. The molecule has 7 heteroatoms. The summed E-state index contributed by atoms with van der Waals surface area (Å²) in [5, 5.41) is 1.36. The molecule has 0 amide bonds. The molecule has 0 unspecified atom stereocenters. The van der Waals surface area contributed by atoms with Crippen LogP contribution < -0.4 is 11.3 Å². The van der Waals surface area contributed by atoms with Crippen molar-refractivity contribution in [3.8, 4) is 11.4 Å². The predicted octanol–water partition coefficient (Wildman–Crippen LogP) is 3.96. The Bertz CT molecular complexity index is 1100. The molecule has 5 nitrogen and oxygen atoms in total. The van der Waals surface area contributed by atoms with Gasteiger partial charge in [-0.25, -0.2) is 4.98 Å². The Morgan fingerprint density at radius 3 is 2.65 bits per heavy atom. The van der Waals surface area contributed by atoms with Crippen molar-refractivity contribution in [1.82, 2.24) is 15.0 Å². The fourth-order valence-corrected chi connectivity index (χ4v) is 3.19. The van der Waals surface area contributed by atoms with Gasteiger partial charge < -0.3 is 15.7 Å². The van der Waals surface area contributed by atoms with Crippen LogP contribution in [0.3, 0.4) is 0 Å². The van der Waals surface area contributed by atoms with E-state index in [1.54, 1.807) is 12.1 Å². The van der Waals surface area contributed by atoms with Crippen LogP contribution in [0, 0.1) is 0 Å². The second-order valence-corrected chi connectivity index (χ2v) is 6.00. The maximum absolute atomic E-state index is 12.5. The summed E-state index contributed by atoms with van der Waals surface area (Å²) in [5.74, 6) is 0.406. The van der Waals surface area contributed by atoms with Crippen LogP contribution in [0.2, 0.25) is 10.0 Å². The van der Waals surface area contributed by atoms with Gasteiger partial charge in [-0.1, -0.05) is 35.3 Å². The molecule has 4 N–H and O–H groups in total. The van der Waals surface area contributed by atoms with Crippen molar-refractivity contribution in [3.63, 3.8) is 0 Å². The highest BCUT2D eigenvalue weighted by Crippen LogP contribution is 2.33. The Kier molecular flexibility index (Phi) is 3.07. The monoisotopic (exact) mass is 344 g/mol. The number of benzene rings is 2. The van der Waals surface area contributed by atoms with Gasteiger partial charge in [0.15, 0.2) is 0 Å². The molecule has 0 radical (unpaired) electrons. The van der Waals surface area contributed by atoms with Crippen LogP contribution >= 0.6 is 23.2 Å². The largest absolute Gasteiger partial charge is 0.397 e. The van der Waals surface area contributed by atoms with Crippen molar-refractivity contribution in [3.05, 3.63) is 56.8 Å². The summed E-state index contributed by atoms with van der Waals surface area (Å²) in [7, 11) is 0. The maximum atomic E-state index is 12.5. The van der Waals surface area contributed by atoms with E-state index in [4.69, 9.17) is 28.9 Å². The fraction of sp³-hybridized carbons (Fsp3) is 0. The topological polar surface area (TPSA) is 87.6 Å². The number of halogens is 2. The van der Waals surface area contributed by atoms with Gasteiger partial charge in [0.1, 0.15) is 11.4 Å². The van der Waals surface area contributed by atoms with Gasteiger partial charge in [0.25, 0.3) is 5.56 Å². The first-order valence-corrected chi connectivity index (χ1v) is 7.56. The Labute approximate surface area is 140 Å². The number of anilines is 1. The van der Waals surface area contributed by atoms with Crippen molar-refractivity contribution in [2.45, 2.75) is 0 Å². The molecular weight excluding hydrogens is 335 g/mol. The zero-order chi connectivity index (χ0) is 16.1. The fourth-order valence-electron chi connectivity index (χ4n) is 2.65. The third kappa shape index (κ3) is 2.17. The molecule has 2 aromatic carbocycles. The Balaban J connectivity index is 2.09. The summed E-state index contributed by atoms with van der Waals surface area (Å²) in [5.41, 5.74) is 8.44. The van der Waals surface area contributed by atoms with E-state index in [0.717, 1.165) is 11.0 Å². The number of fused-ring (bicyclic) bond motifs is 2. The summed E-state index contributed by atoms with van der Waals surface area (Å²) >= 11 is 12.2. The molecule has 2 aromatic heterocycles. The smallest absolute Gasteiger partial charge is 0.261 e. The molecule has 2 heterocycles. The number of nitrogens with zero attached hydrogens (tertiary/aromatic N) is 1. The van der Waals surface area contributed by atoms with Gasteiger partial charge in [-0.15, -0.1) is 0 Å². The quantitative estimate of drug-likeness (QED) is 0.488. The Morgan fingerprint density at radius 2 is 1.87 bits per heavy atom. The van der Waals surface area contributed by atoms with Crippen LogP contribution in [-0.2, 0) is 0 Å². The van der Waals surface area contributed by atoms with Crippen molar-refractivity contribution in [2.24, 2.45) is 0 Å². The summed E-state index contributed by atoms with van der Waals surface area (Å²) in [6.45, 7) is 0. The number of para-hydroxylation sites is 2. The lowest BCUT2D eigenvalue weighted by atomic mass is 10.1. The standard InChI is InChI=1S/C16H10Cl2N4O/c17-7-5-8-13(19)12(16(23)22-14(8)9(18)6-7)15-20-10-3-1-2-4-11(10)21-15/h1-6H,(H,20,21)(H3,19,22,23). The number of hydrogen-bond donors (Lipinski definition) is 3. The lowest BCUT2D eigenvalue weighted by Crippen LogP contribution is -2.13. The van der Waals surface area contributed by atoms with E-state index >= 15 is 0 Å². The van der Waals surface area contributed by atoms with Crippen LogP contribution in [0.1, 0.15) is 0 Å². The van der Waals surface area contributed by atoms with E-state index in [1.165, 1.54) is 0 Å². The number of aromatic nitrogens is 3. The molecule has 0 saturated heterocycles. The highest BCUT2D eigenvalue weighted by molar-refractivity contribution is 6.38. The third-order valence-corrected chi connectivity index (χ3v) is 4.22. The molecule has 4 aromatic rings. The minimum Gasteiger partial charge on any atom is -0.397 e. The number of H-pyrrole nitrogens is 2. The Morgan fingerprint density at radius 1 is 1.09 bits per heavy atom. The third-order valence-electron chi connectivity index (χ3n) is 3.71. The predicted molar refractivity (Wildman–Crippen MR) is 94.1 cm³/mol. The zero-order valence-corrected chi connectivity index (χ0v) is 13.2. The van der Waals surface area contributed by atoms with Gasteiger partial charge >= 0.3 is 0 Å². The first-order valence-electron chi connectivity index (χ1n) is 6.80. The molecule has 0 bridgehead atoms. The molecule has 0 aliphatic heterocycles. The summed E-state index contributed by atoms with van der Waals surface area (Å²) in [6, 6.07) is 10.7. The highest BCUT2D eigenvalue weighted by atomic mass is 35.5. The summed E-state index contributed by atoms with van der Waals surface area (Å²) in [4.78, 5) is 22.8. The number of rotatable bonds is 1. The number of nitrogen functional groups attached to an aromatic ring is 1. The highest BCUT2D eigenvalue weighted by Gasteiger charge is 2.17. The van der Waals surface area contributed by atoms with E-state index < -0.39 is 0 Å². The lowest BCUT2D eigenvalue weighted by molar-refractivity contribution is 1.25. The van der Waals surface area contributed by atoms with Gasteiger partial charge in [-0.05, 0) is 24.3 Å². The van der Waals surface area contributed by atoms with Gasteiger partial charge in [-0.2, -0.15) is 0 Å². The molecule has 0 fully saturated rings. The van der Waals surface area contributed by atoms with Crippen LogP contribution in [0.25, 0.3) is 33.3 Å². The SMILES string of the molecule is Nc1c(-c2nc3ccccc3[nH]2)c(=O)[nH]c2c(Cl)cc(Cl)cc12. The normalized spacial score (nSPS) is 11.4. The average molecular weight is 345 g/mol. The molecule has 0 saturated carbocycles. The molecule has 0 atom stereocenters. The van der Waals surface area contributed by atoms with Crippen molar-refractivity contribution < 1.29 is 0 Å². The number of nitrogens with two attached hydrogens (primary N) is 1. The molecule has 0 aliphatic rings. The lowest BCUT2D eigenvalue weighted by Gasteiger charge is -2.08. The van der Waals surface area contributed by atoms with Gasteiger partial charge in [0, 0.05) is 10.4 Å². The minimum atomic E-state index is -0.363. The molecule has 114 valence electrons. The maximum Gasteiger partial charge on any atom is 0.261 e. The van der Waals surface area contributed by atoms with Crippen LogP contribution in [-0.4, -0.2) is 15.0 Å². The summed E-state index contributed by atoms with van der Waals surface area (Å²) in [6.07, 6.45) is 0. The van der Waals surface area contributed by atoms with E-state index in [9.17, 15) is 4.79 Å². The first-order chi connectivity index (χ1) is 11.0. The number of pyridine rings is 1. The van der Waals surface area contributed by atoms with E-state index in [2.05, 4.69) is 15.0 Å². The van der Waals surface area contributed by atoms with Crippen LogP contribution in [0.5, 0.6) is 0 Å². The zero-order valence-electron chi connectivity index (χ0n) is 11.7.